The van der Waals surface area contributed by atoms with E-state index in [2.05, 4.69) is 80.6 Å². The summed E-state index contributed by atoms with van der Waals surface area (Å²) in [6.07, 6.45) is 7.87. The van der Waals surface area contributed by atoms with E-state index in [0.717, 1.165) is 18.4 Å². The van der Waals surface area contributed by atoms with Gasteiger partial charge in [-0.1, -0.05) is 47.5 Å². The van der Waals surface area contributed by atoms with Crippen molar-refractivity contribution < 1.29 is 8.85 Å². The molecule has 0 aromatic heterocycles. The first kappa shape index (κ1) is 22.7. The van der Waals surface area contributed by atoms with Crippen LogP contribution in [0.4, 0.5) is 0 Å². The Balaban J connectivity index is 3.07. The molecule has 0 fully saturated rings. The van der Waals surface area contributed by atoms with E-state index in [1.165, 1.54) is 5.57 Å². The fraction of sp³-hybridized carbons (Fsp3) is 0.810. The Morgan fingerprint density at radius 2 is 1.36 bits per heavy atom. The van der Waals surface area contributed by atoms with Gasteiger partial charge < -0.3 is 8.85 Å². The summed E-state index contributed by atoms with van der Waals surface area (Å²) in [5, 5.41) is 0.395. The molecular weight excluding hydrogens is 340 g/mol. The van der Waals surface area contributed by atoms with Crippen molar-refractivity contribution in [2.45, 2.75) is 110 Å². The lowest BCUT2D eigenvalue weighted by molar-refractivity contribution is 0.0989. The second-order valence-corrected chi connectivity index (χ2v) is 20.1. The molecule has 0 aromatic carbocycles. The number of hydrogen-bond acceptors (Lipinski definition) is 2. The topological polar surface area (TPSA) is 18.5 Å². The van der Waals surface area contributed by atoms with Crippen LogP contribution in [0.3, 0.4) is 0 Å². The van der Waals surface area contributed by atoms with Gasteiger partial charge in [-0.05, 0) is 48.8 Å². The van der Waals surface area contributed by atoms with Crippen LogP contribution >= 0.6 is 0 Å². The first-order valence-corrected chi connectivity index (χ1v) is 15.4. The monoisotopic (exact) mass is 380 g/mol. The van der Waals surface area contributed by atoms with Crippen molar-refractivity contribution in [1.82, 2.24) is 0 Å². The van der Waals surface area contributed by atoms with E-state index in [-0.39, 0.29) is 22.3 Å². The minimum absolute atomic E-state index is 0.0930. The number of hydrogen-bond donors (Lipinski definition) is 0. The van der Waals surface area contributed by atoms with Crippen LogP contribution in [0.2, 0.25) is 36.3 Å². The van der Waals surface area contributed by atoms with E-state index in [4.69, 9.17) is 15.3 Å². The van der Waals surface area contributed by atoms with Gasteiger partial charge in [0.05, 0.1) is 12.2 Å². The Hall–Kier alpha value is -0.346. The molecule has 0 bridgehead atoms. The van der Waals surface area contributed by atoms with E-state index < -0.39 is 16.6 Å². The van der Waals surface area contributed by atoms with Crippen LogP contribution < -0.4 is 0 Å². The van der Waals surface area contributed by atoms with Crippen molar-refractivity contribution in [2.24, 2.45) is 0 Å². The molecule has 0 N–H and O–H groups in total. The average molecular weight is 381 g/mol. The Labute approximate surface area is 159 Å². The van der Waals surface area contributed by atoms with Crippen LogP contribution in [0.25, 0.3) is 0 Å². The molecule has 2 atom stereocenters. The summed E-state index contributed by atoms with van der Waals surface area (Å²) in [6, 6.07) is 0. The minimum Gasteiger partial charge on any atom is -0.413 e. The van der Waals surface area contributed by atoms with Gasteiger partial charge in [0.2, 0.25) is 0 Å². The van der Waals surface area contributed by atoms with E-state index in [0.29, 0.717) is 0 Å². The lowest BCUT2D eigenvalue weighted by atomic mass is 9.89. The van der Waals surface area contributed by atoms with Crippen LogP contribution in [-0.2, 0) is 8.85 Å². The third-order valence-corrected chi connectivity index (χ3v) is 15.6. The molecule has 0 saturated heterocycles. The zero-order chi connectivity index (χ0) is 19.8. The molecule has 0 saturated carbocycles. The van der Waals surface area contributed by atoms with Gasteiger partial charge >= 0.3 is 0 Å². The first-order chi connectivity index (χ1) is 11.0. The van der Waals surface area contributed by atoms with Crippen molar-refractivity contribution in [2.75, 3.05) is 0 Å². The molecule has 0 unspecified atom stereocenters. The summed E-state index contributed by atoms with van der Waals surface area (Å²) < 4.78 is 13.4. The van der Waals surface area contributed by atoms with E-state index in [1.54, 1.807) is 0 Å². The lowest BCUT2D eigenvalue weighted by Gasteiger charge is -2.44. The quantitative estimate of drug-likeness (QED) is 0.409. The van der Waals surface area contributed by atoms with Gasteiger partial charge in [-0.15, -0.1) is 6.42 Å². The van der Waals surface area contributed by atoms with Gasteiger partial charge in [-0.25, -0.2) is 0 Å². The molecule has 144 valence electrons. The summed E-state index contributed by atoms with van der Waals surface area (Å²) in [7, 11) is -3.67. The maximum atomic E-state index is 6.74. The Bertz CT molecular complexity index is 554. The fourth-order valence-electron chi connectivity index (χ4n) is 2.61. The summed E-state index contributed by atoms with van der Waals surface area (Å²) in [5.41, 5.74) is 2.32. The number of terminal acetylenes is 1. The van der Waals surface area contributed by atoms with Crippen LogP contribution in [0.1, 0.15) is 61.3 Å². The maximum absolute atomic E-state index is 6.74. The molecule has 0 spiro atoms. The molecular formula is C21H40O2Si2. The smallest absolute Gasteiger partial charge is 0.192 e. The zero-order valence-corrected chi connectivity index (χ0v) is 20.5. The Kier molecular flexibility index (Phi) is 6.67. The average Bonchev–Trinajstić information content (AvgIpc) is 2.38. The van der Waals surface area contributed by atoms with Crippen molar-refractivity contribution in [3.8, 4) is 12.3 Å². The third kappa shape index (κ3) is 5.32. The molecule has 2 nitrogen and oxygen atoms in total. The van der Waals surface area contributed by atoms with Gasteiger partial charge in [0, 0.05) is 18.4 Å². The summed E-state index contributed by atoms with van der Waals surface area (Å²) >= 11 is 0. The Morgan fingerprint density at radius 1 is 0.920 bits per heavy atom. The zero-order valence-electron chi connectivity index (χ0n) is 18.5. The summed E-state index contributed by atoms with van der Waals surface area (Å²) in [4.78, 5) is 0. The molecule has 0 radical (unpaired) electrons. The van der Waals surface area contributed by atoms with E-state index >= 15 is 0 Å². The highest BCUT2D eigenvalue weighted by Crippen LogP contribution is 2.43. The predicted octanol–water partition coefficient (Wildman–Crippen LogP) is 6.51. The molecule has 1 aliphatic carbocycles. The van der Waals surface area contributed by atoms with Crippen LogP contribution in [0, 0.1) is 12.3 Å². The standard InChI is InChI=1S/C21H40O2Si2/c1-13-17-14-18(22-24(9,10)20(3,4)5)15-19(16(17)2)23-25(11,12)21(6,7)8/h1,18-19H,14-15H2,2-12H3/t18-,19+/m0/s1. The van der Waals surface area contributed by atoms with Crippen molar-refractivity contribution in [1.29, 1.82) is 0 Å². The van der Waals surface area contributed by atoms with E-state index in [1.807, 2.05) is 0 Å². The highest BCUT2D eigenvalue weighted by atomic mass is 28.4. The molecule has 1 aliphatic rings. The van der Waals surface area contributed by atoms with Gasteiger partial charge in [-0.3, -0.25) is 0 Å². The summed E-state index contributed by atoms with van der Waals surface area (Å²) in [6.45, 7) is 25.1. The van der Waals surface area contributed by atoms with Gasteiger partial charge in [-0.2, -0.15) is 0 Å². The van der Waals surface area contributed by atoms with Crippen molar-refractivity contribution in [3.63, 3.8) is 0 Å². The maximum Gasteiger partial charge on any atom is 0.192 e. The molecule has 0 aliphatic heterocycles. The highest BCUT2D eigenvalue weighted by Gasteiger charge is 2.44. The van der Waals surface area contributed by atoms with Crippen molar-refractivity contribution in [3.05, 3.63) is 11.1 Å². The molecule has 1 rings (SSSR count). The number of rotatable bonds is 4. The van der Waals surface area contributed by atoms with Crippen LogP contribution in [0.5, 0.6) is 0 Å². The molecule has 0 heterocycles. The fourth-order valence-corrected chi connectivity index (χ4v) is 5.31. The third-order valence-electron chi connectivity index (χ3n) is 6.55. The SMILES string of the molecule is C#CC1=C(C)[C@H](O[Si](C)(C)C(C)(C)C)C[C@@H](O[Si](C)(C)C(C)(C)C)C1. The molecule has 0 amide bonds. The second-order valence-electron chi connectivity index (χ2n) is 10.6. The van der Waals surface area contributed by atoms with Gasteiger partial charge in [0.15, 0.2) is 16.6 Å². The first-order valence-electron chi connectivity index (χ1n) is 9.54. The second kappa shape index (κ2) is 7.34. The summed E-state index contributed by atoms with van der Waals surface area (Å²) in [5.74, 6) is 2.91. The Morgan fingerprint density at radius 3 is 1.76 bits per heavy atom. The van der Waals surface area contributed by atoms with Gasteiger partial charge in [0.1, 0.15) is 0 Å². The molecule has 0 aromatic rings. The highest BCUT2D eigenvalue weighted by molar-refractivity contribution is 6.74. The normalized spacial score (nSPS) is 23.6. The molecule has 25 heavy (non-hydrogen) atoms. The minimum atomic E-state index is -1.85. The van der Waals surface area contributed by atoms with E-state index in [9.17, 15) is 0 Å². The van der Waals surface area contributed by atoms with Crippen LogP contribution in [0.15, 0.2) is 11.1 Å². The predicted molar refractivity (Wildman–Crippen MR) is 115 cm³/mol. The lowest BCUT2D eigenvalue weighted by Crippen LogP contribution is -2.49. The van der Waals surface area contributed by atoms with Gasteiger partial charge in [0.25, 0.3) is 0 Å². The largest absolute Gasteiger partial charge is 0.413 e. The van der Waals surface area contributed by atoms with Crippen LogP contribution in [-0.4, -0.2) is 28.8 Å². The molecule has 4 heteroatoms. The van der Waals surface area contributed by atoms with Crippen molar-refractivity contribution >= 4 is 16.6 Å².